The molecule has 1 saturated heterocycles. The van der Waals surface area contributed by atoms with Crippen LogP contribution in [0.1, 0.15) is 25.6 Å². The largest absolute Gasteiger partial charge is 0.341 e. The van der Waals surface area contributed by atoms with Crippen LogP contribution in [0.3, 0.4) is 0 Å². The quantitative estimate of drug-likeness (QED) is 0.800. The van der Waals surface area contributed by atoms with Crippen LogP contribution in [-0.4, -0.2) is 63.4 Å². The Hall–Kier alpha value is -1.14. The topological polar surface area (TPSA) is 49.3 Å². The Balaban J connectivity index is 1.83. The molecule has 1 aromatic heterocycles. The summed E-state index contributed by atoms with van der Waals surface area (Å²) in [6, 6.07) is 2.23. The molecule has 0 spiro atoms. The lowest BCUT2D eigenvalue weighted by Gasteiger charge is -2.24. The molecule has 1 aromatic rings. The number of hydrogen-bond acceptors (Lipinski definition) is 5. The summed E-state index contributed by atoms with van der Waals surface area (Å²) in [5.74, 6) is 1.12. The van der Waals surface area contributed by atoms with Gasteiger partial charge in [-0.05, 0) is 25.8 Å². The maximum Gasteiger partial charge on any atom is 0.223 e. The van der Waals surface area contributed by atoms with Gasteiger partial charge in [-0.15, -0.1) is 0 Å². The minimum Gasteiger partial charge on any atom is -0.341 e. The van der Waals surface area contributed by atoms with Crippen LogP contribution in [0, 0.1) is 0 Å². The number of likely N-dealkylation sites (N-methyl/N-ethyl adjacent to an activating group) is 1. The molecule has 0 saturated carbocycles. The van der Waals surface area contributed by atoms with E-state index in [1.54, 1.807) is 24.2 Å². The van der Waals surface area contributed by atoms with Gasteiger partial charge >= 0.3 is 0 Å². The van der Waals surface area contributed by atoms with E-state index in [9.17, 15) is 4.79 Å². The summed E-state index contributed by atoms with van der Waals surface area (Å²) in [6.07, 6.45) is 7.26. The maximum absolute atomic E-state index is 12.2. The molecule has 5 nitrogen and oxygen atoms in total. The molecule has 6 heteroatoms. The van der Waals surface area contributed by atoms with Gasteiger partial charge in [-0.2, -0.15) is 11.8 Å². The Kier molecular flexibility index (Phi) is 5.99. The molecular weight excluding hydrogens is 284 g/mol. The molecule has 2 heterocycles. The Morgan fingerprint density at radius 1 is 1.52 bits per heavy atom. The van der Waals surface area contributed by atoms with E-state index in [0.717, 1.165) is 31.9 Å². The van der Waals surface area contributed by atoms with Crippen molar-refractivity contribution in [3.05, 3.63) is 24.3 Å². The van der Waals surface area contributed by atoms with Gasteiger partial charge in [-0.1, -0.05) is 6.92 Å². The summed E-state index contributed by atoms with van der Waals surface area (Å²) in [6.45, 7) is 4.53. The predicted octanol–water partition coefficient (Wildman–Crippen LogP) is 1.65. The summed E-state index contributed by atoms with van der Waals surface area (Å²) >= 11 is 1.75. The molecule has 0 unspecified atom stereocenters. The number of carbonyl (C=O) groups excluding carboxylic acids is 1. The zero-order valence-electron chi connectivity index (χ0n) is 13.0. The molecule has 116 valence electrons. The van der Waals surface area contributed by atoms with Crippen LogP contribution in [0.5, 0.6) is 0 Å². The number of carbonyl (C=O) groups is 1. The molecule has 1 aliphatic heterocycles. The van der Waals surface area contributed by atoms with Crippen LogP contribution in [0.15, 0.2) is 18.5 Å². The number of thioether (sulfide) groups is 1. The van der Waals surface area contributed by atoms with Crippen LogP contribution in [0.2, 0.25) is 0 Å². The van der Waals surface area contributed by atoms with E-state index < -0.39 is 0 Å². The Bertz CT molecular complexity index is 456. The monoisotopic (exact) mass is 308 g/mol. The van der Waals surface area contributed by atoms with E-state index in [-0.39, 0.29) is 5.91 Å². The average molecular weight is 308 g/mol. The molecule has 2 rings (SSSR count). The molecule has 1 fully saturated rings. The van der Waals surface area contributed by atoms with Gasteiger partial charge in [0.2, 0.25) is 5.91 Å². The number of aromatic nitrogens is 2. The van der Waals surface area contributed by atoms with E-state index >= 15 is 0 Å². The first-order valence-electron chi connectivity index (χ1n) is 7.37. The minimum absolute atomic E-state index is 0.281. The molecule has 21 heavy (non-hydrogen) atoms. The molecule has 2 atom stereocenters. The highest BCUT2D eigenvalue weighted by Gasteiger charge is 2.29. The van der Waals surface area contributed by atoms with Crippen molar-refractivity contribution in [2.75, 3.05) is 26.4 Å². The van der Waals surface area contributed by atoms with E-state index in [1.165, 1.54) is 0 Å². The molecule has 1 aliphatic rings. The second-order valence-corrected chi connectivity index (χ2v) is 6.89. The summed E-state index contributed by atoms with van der Waals surface area (Å²) < 4.78 is 0. The van der Waals surface area contributed by atoms with Crippen molar-refractivity contribution in [2.45, 2.75) is 37.6 Å². The smallest absolute Gasteiger partial charge is 0.223 e. The SMILES string of the molecule is CS[C@@H](C)CC(=O)N1CC[C@H](N(C)Cc2ncccn2)C1. The highest BCUT2D eigenvalue weighted by atomic mass is 32.2. The van der Waals surface area contributed by atoms with E-state index in [1.807, 2.05) is 11.0 Å². The Labute approximate surface area is 131 Å². The molecule has 0 N–H and O–H groups in total. The first kappa shape index (κ1) is 16.2. The highest BCUT2D eigenvalue weighted by molar-refractivity contribution is 7.99. The fourth-order valence-electron chi connectivity index (χ4n) is 2.55. The van der Waals surface area contributed by atoms with Crippen molar-refractivity contribution >= 4 is 17.7 Å². The van der Waals surface area contributed by atoms with E-state index in [2.05, 4.69) is 35.1 Å². The summed E-state index contributed by atoms with van der Waals surface area (Å²) in [5, 5.41) is 0.395. The summed E-state index contributed by atoms with van der Waals surface area (Å²) in [5.41, 5.74) is 0. The van der Waals surface area contributed by atoms with Crippen LogP contribution >= 0.6 is 11.8 Å². The fourth-order valence-corrected chi connectivity index (χ4v) is 2.86. The Morgan fingerprint density at radius 2 is 2.24 bits per heavy atom. The van der Waals surface area contributed by atoms with Crippen molar-refractivity contribution in [1.29, 1.82) is 0 Å². The van der Waals surface area contributed by atoms with Crippen LogP contribution in [0.4, 0.5) is 0 Å². The summed E-state index contributed by atoms with van der Waals surface area (Å²) in [7, 11) is 2.08. The first-order valence-corrected chi connectivity index (χ1v) is 8.65. The van der Waals surface area contributed by atoms with Gasteiger partial charge < -0.3 is 4.90 Å². The fraction of sp³-hybridized carbons (Fsp3) is 0.667. The lowest BCUT2D eigenvalue weighted by Crippen LogP contribution is -2.37. The zero-order valence-corrected chi connectivity index (χ0v) is 13.8. The van der Waals surface area contributed by atoms with Gasteiger partial charge in [0.25, 0.3) is 0 Å². The third-order valence-corrected chi connectivity index (χ3v) is 4.99. The van der Waals surface area contributed by atoms with Crippen LogP contribution in [0.25, 0.3) is 0 Å². The molecule has 0 aliphatic carbocycles. The third-order valence-electron chi connectivity index (χ3n) is 4.01. The molecule has 0 aromatic carbocycles. The number of likely N-dealkylation sites (tertiary alicyclic amines) is 1. The van der Waals surface area contributed by atoms with E-state index in [0.29, 0.717) is 17.7 Å². The minimum atomic E-state index is 0.281. The predicted molar refractivity (Wildman–Crippen MR) is 86.1 cm³/mol. The lowest BCUT2D eigenvalue weighted by molar-refractivity contribution is -0.130. The third kappa shape index (κ3) is 4.68. The second kappa shape index (κ2) is 7.75. The molecule has 0 bridgehead atoms. The first-order chi connectivity index (χ1) is 10.1. The lowest BCUT2D eigenvalue weighted by atomic mass is 10.2. The normalized spacial score (nSPS) is 20.0. The second-order valence-electron chi connectivity index (χ2n) is 5.61. The molecule has 1 amide bonds. The van der Waals surface area contributed by atoms with Gasteiger partial charge in [0, 0.05) is 43.2 Å². The van der Waals surface area contributed by atoms with Crippen molar-refractivity contribution in [1.82, 2.24) is 19.8 Å². The van der Waals surface area contributed by atoms with Crippen molar-refractivity contribution < 1.29 is 4.79 Å². The standard InChI is InChI=1S/C15H24N4OS/c1-12(21-3)9-15(20)19-8-5-13(10-19)18(2)11-14-16-6-4-7-17-14/h4,6-7,12-13H,5,8-11H2,1-3H3/t12-,13-/m0/s1. The van der Waals surface area contributed by atoms with E-state index in [4.69, 9.17) is 0 Å². The zero-order chi connectivity index (χ0) is 15.2. The van der Waals surface area contributed by atoms with Crippen LogP contribution < -0.4 is 0 Å². The number of nitrogens with zero attached hydrogens (tertiary/aromatic N) is 4. The van der Waals surface area contributed by atoms with Crippen LogP contribution in [-0.2, 0) is 11.3 Å². The number of hydrogen-bond donors (Lipinski definition) is 0. The van der Waals surface area contributed by atoms with Gasteiger partial charge in [0.05, 0.1) is 6.54 Å². The van der Waals surface area contributed by atoms with Gasteiger partial charge in [-0.25, -0.2) is 9.97 Å². The van der Waals surface area contributed by atoms with Crippen molar-refractivity contribution in [3.8, 4) is 0 Å². The average Bonchev–Trinajstić information content (AvgIpc) is 2.98. The van der Waals surface area contributed by atoms with Gasteiger partial charge in [-0.3, -0.25) is 9.69 Å². The summed E-state index contributed by atoms with van der Waals surface area (Å²) in [4.78, 5) is 25.0. The molecule has 0 radical (unpaired) electrons. The Morgan fingerprint density at radius 3 is 2.90 bits per heavy atom. The highest BCUT2D eigenvalue weighted by Crippen LogP contribution is 2.19. The number of rotatable bonds is 6. The van der Waals surface area contributed by atoms with Gasteiger partial charge in [0.1, 0.15) is 5.82 Å². The van der Waals surface area contributed by atoms with Crippen molar-refractivity contribution in [3.63, 3.8) is 0 Å². The van der Waals surface area contributed by atoms with Crippen molar-refractivity contribution in [2.24, 2.45) is 0 Å². The number of amides is 1. The van der Waals surface area contributed by atoms with Gasteiger partial charge in [0.15, 0.2) is 0 Å². The molecular formula is C15H24N4OS. The maximum atomic E-state index is 12.2.